The molecular formula is C30H40ClN7O. The van der Waals surface area contributed by atoms with Gasteiger partial charge in [0, 0.05) is 24.8 Å². The minimum atomic E-state index is 0.389. The summed E-state index contributed by atoms with van der Waals surface area (Å²) in [5.74, 6) is 2.46. The number of nitrogens with zero attached hydrogens (tertiary/aromatic N) is 5. The van der Waals surface area contributed by atoms with Gasteiger partial charge in [-0.2, -0.15) is 15.0 Å². The lowest BCUT2D eigenvalue weighted by molar-refractivity contribution is 0.252. The van der Waals surface area contributed by atoms with Crippen molar-refractivity contribution in [1.82, 2.24) is 19.9 Å². The SMILES string of the molecule is CN1CCC(N(C)c2nc(Nc3ccc(OCc4ccccc4)c(Cl)c3)nc(NC3CCCCCC3)n2)CC1. The van der Waals surface area contributed by atoms with E-state index in [-0.39, 0.29) is 0 Å². The number of anilines is 4. The van der Waals surface area contributed by atoms with Gasteiger partial charge in [0.1, 0.15) is 12.4 Å². The lowest BCUT2D eigenvalue weighted by Crippen LogP contribution is -2.42. The molecule has 0 radical (unpaired) electrons. The van der Waals surface area contributed by atoms with Gasteiger partial charge in [-0.15, -0.1) is 0 Å². The molecule has 1 aliphatic carbocycles. The van der Waals surface area contributed by atoms with Crippen LogP contribution in [0.25, 0.3) is 0 Å². The molecule has 0 bridgehead atoms. The number of hydrogen-bond acceptors (Lipinski definition) is 8. The molecule has 1 saturated carbocycles. The van der Waals surface area contributed by atoms with Gasteiger partial charge in [0.2, 0.25) is 17.8 Å². The number of benzene rings is 2. The third kappa shape index (κ3) is 7.73. The van der Waals surface area contributed by atoms with Gasteiger partial charge in [-0.05, 0) is 69.6 Å². The fourth-order valence-corrected chi connectivity index (χ4v) is 5.59. The van der Waals surface area contributed by atoms with Crippen molar-refractivity contribution >= 4 is 35.1 Å². The fourth-order valence-electron chi connectivity index (χ4n) is 5.35. The lowest BCUT2D eigenvalue weighted by atomic mass is 10.0. The van der Waals surface area contributed by atoms with E-state index in [1.807, 2.05) is 48.5 Å². The number of hydrogen-bond donors (Lipinski definition) is 2. The van der Waals surface area contributed by atoms with E-state index in [0.29, 0.717) is 47.3 Å². The number of nitrogens with one attached hydrogen (secondary N) is 2. The molecule has 2 aromatic carbocycles. The van der Waals surface area contributed by atoms with Crippen molar-refractivity contribution in [3.8, 4) is 5.75 Å². The highest BCUT2D eigenvalue weighted by atomic mass is 35.5. The highest BCUT2D eigenvalue weighted by Gasteiger charge is 2.24. The van der Waals surface area contributed by atoms with Crippen molar-refractivity contribution in [2.75, 3.05) is 42.7 Å². The van der Waals surface area contributed by atoms with Crippen LogP contribution >= 0.6 is 11.6 Å². The van der Waals surface area contributed by atoms with Crippen LogP contribution in [0.4, 0.5) is 23.5 Å². The molecule has 2 heterocycles. The zero-order chi connectivity index (χ0) is 27.0. The van der Waals surface area contributed by atoms with Gasteiger partial charge in [-0.25, -0.2) is 0 Å². The summed E-state index contributed by atoms with van der Waals surface area (Å²) in [5, 5.41) is 7.52. The average Bonchev–Trinajstić information content (AvgIpc) is 3.22. The molecule has 8 nitrogen and oxygen atoms in total. The Kier molecular flexibility index (Phi) is 9.37. The average molecular weight is 550 g/mol. The quantitative estimate of drug-likeness (QED) is 0.292. The maximum Gasteiger partial charge on any atom is 0.233 e. The van der Waals surface area contributed by atoms with Crippen LogP contribution in [0, 0.1) is 0 Å². The number of aromatic nitrogens is 3. The molecule has 5 rings (SSSR count). The Bertz CT molecular complexity index is 1200. The van der Waals surface area contributed by atoms with Crippen LogP contribution in [0.3, 0.4) is 0 Å². The molecule has 2 fully saturated rings. The minimum Gasteiger partial charge on any atom is -0.487 e. The molecular weight excluding hydrogens is 510 g/mol. The number of halogens is 1. The maximum atomic E-state index is 6.59. The van der Waals surface area contributed by atoms with E-state index in [0.717, 1.165) is 50.0 Å². The van der Waals surface area contributed by atoms with E-state index in [1.165, 1.54) is 25.7 Å². The first kappa shape index (κ1) is 27.5. The summed E-state index contributed by atoms with van der Waals surface area (Å²) in [6.07, 6.45) is 9.57. The molecule has 1 aliphatic heterocycles. The molecule has 1 saturated heterocycles. The van der Waals surface area contributed by atoms with E-state index >= 15 is 0 Å². The number of likely N-dealkylation sites (tertiary alicyclic amines) is 1. The van der Waals surface area contributed by atoms with Crippen LogP contribution in [-0.2, 0) is 6.61 Å². The molecule has 39 heavy (non-hydrogen) atoms. The van der Waals surface area contributed by atoms with Crippen molar-refractivity contribution in [3.05, 3.63) is 59.1 Å². The lowest BCUT2D eigenvalue weighted by Gasteiger charge is -2.35. The van der Waals surface area contributed by atoms with Crippen LogP contribution in [-0.4, -0.2) is 59.1 Å². The van der Waals surface area contributed by atoms with Crippen LogP contribution in [0.1, 0.15) is 56.9 Å². The predicted molar refractivity (Wildman–Crippen MR) is 159 cm³/mol. The summed E-state index contributed by atoms with van der Waals surface area (Å²) >= 11 is 6.59. The minimum absolute atomic E-state index is 0.389. The molecule has 2 aliphatic rings. The molecule has 1 aromatic heterocycles. The first-order valence-corrected chi connectivity index (χ1v) is 14.6. The second kappa shape index (κ2) is 13.3. The van der Waals surface area contributed by atoms with Gasteiger partial charge < -0.3 is 25.2 Å². The normalized spacial score (nSPS) is 17.4. The third-order valence-corrected chi connectivity index (χ3v) is 8.08. The summed E-state index contributed by atoms with van der Waals surface area (Å²) in [4.78, 5) is 19.1. The van der Waals surface area contributed by atoms with E-state index in [9.17, 15) is 0 Å². The van der Waals surface area contributed by atoms with E-state index in [2.05, 4.69) is 34.5 Å². The Labute approximate surface area is 237 Å². The van der Waals surface area contributed by atoms with E-state index in [1.54, 1.807) is 0 Å². The third-order valence-electron chi connectivity index (χ3n) is 7.79. The number of ether oxygens (including phenoxy) is 1. The van der Waals surface area contributed by atoms with Gasteiger partial charge in [-0.3, -0.25) is 0 Å². The zero-order valence-electron chi connectivity index (χ0n) is 23.1. The largest absolute Gasteiger partial charge is 0.487 e. The summed E-state index contributed by atoms with van der Waals surface area (Å²) in [6, 6.07) is 16.5. The zero-order valence-corrected chi connectivity index (χ0v) is 23.8. The monoisotopic (exact) mass is 549 g/mol. The van der Waals surface area contributed by atoms with Crippen LogP contribution in [0.15, 0.2) is 48.5 Å². The van der Waals surface area contributed by atoms with Crippen molar-refractivity contribution in [2.24, 2.45) is 0 Å². The summed E-state index contributed by atoms with van der Waals surface area (Å²) in [5.41, 5.74) is 1.89. The Hall–Kier alpha value is -3.10. The molecule has 0 amide bonds. The second-order valence-corrected chi connectivity index (χ2v) is 11.2. The first-order valence-electron chi connectivity index (χ1n) is 14.2. The van der Waals surface area contributed by atoms with Crippen LogP contribution in [0.2, 0.25) is 5.02 Å². The molecule has 3 aromatic rings. The molecule has 0 unspecified atom stereocenters. The smallest absolute Gasteiger partial charge is 0.233 e. The van der Waals surface area contributed by atoms with Crippen LogP contribution < -0.4 is 20.3 Å². The van der Waals surface area contributed by atoms with Crippen molar-refractivity contribution in [3.63, 3.8) is 0 Å². The Balaban J connectivity index is 1.33. The molecule has 2 N–H and O–H groups in total. The first-order chi connectivity index (χ1) is 19.0. The second-order valence-electron chi connectivity index (χ2n) is 10.8. The summed E-state index contributed by atoms with van der Waals surface area (Å²) in [6.45, 7) is 2.62. The van der Waals surface area contributed by atoms with Crippen LogP contribution in [0.5, 0.6) is 5.75 Å². The van der Waals surface area contributed by atoms with Crippen molar-refractivity contribution in [2.45, 2.75) is 70.1 Å². The number of rotatable bonds is 9. The molecule has 208 valence electrons. The van der Waals surface area contributed by atoms with Gasteiger partial charge >= 0.3 is 0 Å². The van der Waals surface area contributed by atoms with Crippen molar-refractivity contribution in [1.29, 1.82) is 0 Å². The van der Waals surface area contributed by atoms with Gasteiger partial charge in [0.05, 0.1) is 5.02 Å². The van der Waals surface area contributed by atoms with E-state index < -0.39 is 0 Å². The Morgan fingerprint density at radius 3 is 2.36 bits per heavy atom. The topological polar surface area (TPSA) is 78.4 Å². The van der Waals surface area contributed by atoms with Gasteiger partial charge in [0.25, 0.3) is 0 Å². The Morgan fingerprint density at radius 2 is 1.64 bits per heavy atom. The summed E-state index contributed by atoms with van der Waals surface area (Å²) in [7, 11) is 4.28. The van der Waals surface area contributed by atoms with Gasteiger partial charge in [-0.1, -0.05) is 67.6 Å². The van der Waals surface area contributed by atoms with Crippen molar-refractivity contribution < 1.29 is 4.74 Å². The predicted octanol–water partition coefficient (Wildman–Crippen LogP) is 6.51. The maximum absolute atomic E-state index is 6.59. The molecule has 9 heteroatoms. The fraction of sp³-hybridized carbons (Fsp3) is 0.500. The Morgan fingerprint density at radius 1 is 0.923 bits per heavy atom. The highest BCUT2D eigenvalue weighted by molar-refractivity contribution is 6.32. The molecule has 0 atom stereocenters. The number of piperidine rings is 1. The standard InChI is InChI=1S/C30H40ClN7O/c1-37-18-16-25(17-19-37)38(2)30-35-28(32-23-12-8-3-4-9-13-23)34-29(36-30)33-24-14-15-27(26(31)20-24)39-21-22-10-6-5-7-11-22/h5-7,10-11,14-15,20,23,25H,3-4,8-9,12-13,16-19,21H2,1-2H3,(H2,32,33,34,35,36). The van der Waals surface area contributed by atoms with Gasteiger partial charge in [0.15, 0.2) is 0 Å². The highest BCUT2D eigenvalue weighted by Crippen LogP contribution is 2.30. The van der Waals surface area contributed by atoms with E-state index in [4.69, 9.17) is 31.3 Å². The molecule has 0 spiro atoms. The summed E-state index contributed by atoms with van der Waals surface area (Å²) < 4.78 is 5.95.